The Hall–Kier alpha value is -5.14. The van der Waals surface area contributed by atoms with Crippen LogP contribution in [0.15, 0.2) is 127 Å². The van der Waals surface area contributed by atoms with Gasteiger partial charge in [-0.2, -0.15) is 27.1 Å². The van der Waals surface area contributed by atoms with Crippen molar-refractivity contribution in [1.82, 2.24) is 0 Å². The zero-order valence-electron chi connectivity index (χ0n) is 27.3. The van der Waals surface area contributed by atoms with E-state index in [1.54, 1.807) is 24.3 Å². The molecule has 0 saturated heterocycles. The molecule has 0 aromatic heterocycles. The number of nitrogens with zero attached hydrogens (tertiary/aromatic N) is 4. The molecule has 0 aliphatic carbocycles. The van der Waals surface area contributed by atoms with Crippen LogP contribution in [0, 0.1) is 27.7 Å². The molecule has 6 rings (SSSR count). The van der Waals surface area contributed by atoms with E-state index in [2.05, 4.69) is 24.6 Å². The largest absolute Gasteiger partial charge is 0.296 e. The van der Waals surface area contributed by atoms with Crippen LogP contribution in [0.5, 0.6) is 0 Å². The quantitative estimate of drug-likeness (QED) is 0.0953. The Morgan fingerprint density at radius 2 is 0.959 bits per heavy atom. The summed E-state index contributed by atoms with van der Waals surface area (Å²) in [6.07, 6.45) is 0. The summed E-state index contributed by atoms with van der Waals surface area (Å²) in [5.74, 6) is 0. The number of hydrogen-bond acceptors (Lipinski definition) is 9. The summed E-state index contributed by atoms with van der Waals surface area (Å²) in [5.41, 5.74) is 8.28. The minimum Gasteiger partial charge on any atom is -0.282 e. The molecule has 0 aliphatic rings. The van der Waals surface area contributed by atoms with E-state index in [1.165, 1.54) is 18.2 Å². The Balaban J connectivity index is 1.25. The van der Waals surface area contributed by atoms with Gasteiger partial charge < -0.3 is 0 Å². The molecule has 0 spiro atoms. The molecule has 0 saturated carbocycles. The predicted molar refractivity (Wildman–Crippen MR) is 191 cm³/mol. The number of fused-ring (bicyclic) bond motifs is 2. The number of benzene rings is 6. The number of azo groups is 2. The van der Waals surface area contributed by atoms with Gasteiger partial charge in [-0.3, -0.25) is 8.74 Å². The lowest BCUT2D eigenvalue weighted by Gasteiger charge is -2.09. The van der Waals surface area contributed by atoms with Gasteiger partial charge in [0.1, 0.15) is 0 Å². The molecule has 1 N–H and O–H groups in total. The Bertz CT molecular complexity index is 2580. The summed E-state index contributed by atoms with van der Waals surface area (Å²) in [6, 6.07) is 28.4. The molecule has 0 heterocycles. The number of rotatable bonds is 8. The average molecular weight is 693 g/mol. The third kappa shape index (κ3) is 6.90. The second-order valence-electron chi connectivity index (χ2n) is 11.7. The predicted octanol–water partition coefficient (Wildman–Crippen LogP) is 10.3. The van der Waals surface area contributed by atoms with Gasteiger partial charge >= 0.3 is 0 Å². The summed E-state index contributed by atoms with van der Waals surface area (Å²) in [7, 11) is -7.01. The highest BCUT2D eigenvalue weighted by Crippen LogP contribution is 2.36. The minimum atomic E-state index is -4.32. The van der Waals surface area contributed by atoms with Crippen molar-refractivity contribution in [2.75, 3.05) is 7.11 Å². The summed E-state index contributed by atoms with van der Waals surface area (Å²) in [6.45, 7) is 7.77. The zero-order chi connectivity index (χ0) is 35.1. The molecule has 0 radical (unpaired) electrons. The molecular formula is C37H32N4O6S2. The smallest absolute Gasteiger partial charge is 0.282 e. The van der Waals surface area contributed by atoms with Gasteiger partial charge in [0.25, 0.3) is 20.2 Å². The van der Waals surface area contributed by atoms with Crippen LogP contribution < -0.4 is 0 Å². The van der Waals surface area contributed by atoms with Gasteiger partial charge in [-0.25, -0.2) is 0 Å². The number of hydrogen-bond donors (Lipinski definition) is 1. The molecule has 12 heteroatoms. The van der Waals surface area contributed by atoms with Gasteiger partial charge in [0.2, 0.25) is 0 Å². The first-order chi connectivity index (χ1) is 23.2. The molecule has 10 nitrogen and oxygen atoms in total. The van der Waals surface area contributed by atoms with Gasteiger partial charge in [0, 0.05) is 10.8 Å². The third-order valence-electron chi connectivity index (χ3n) is 8.38. The maximum Gasteiger partial charge on any atom is 0.296 e. The van der Waals surface area contributed by atoms with Crippen molar-refractivity contribution in [3.63, 3.8) is 0 Å². The van der Waals surface area contributed by atoms with E-state index < -0.39 is 20.2 Å². The lowest BCUT2D eigenvalue weighted by atomic mass is 10.00. The minimum absolute atomic E-state index is 0.0751. The Kier molecular flexibility index (Phi) is 8.99. The molecule has 248 valence electrons. The van der Waals surface area contributed by atoms with Crippen molar-refractivity contribution >= 4 is 64.5 Å². The Morgan fingerprint density at radius 3 is 1.39 bits per heavy atom. The molecule has 0 aliphatic heterocycles. The van der Waals surface area contributed by atoms with Crippen LogP contribution in [-0.4, -0.2) is 28.5 Å². The lowest BCUT2D eigenvalue weighted by Crippen LogP contribution is -2.02. The summed E-state index contributed by atoms with van der Waals surface area (Å²) in [4.78, 5) is -0.103. The maximum absolute atomic E-state index is 12.2. The standard InChI is InChI=1S/C37H32N4O6S2/c1-22-6-8-28-20-30(48(42,43)44)12-14-32(28)36(22)40-38-34-16-10-26(18-24(34)3)27-11-17-35(25(4)19-27)39-41-37-23(2)7-9-29-21-31(13-15-33(29)37)49(45,46)47-5/h6-21H,1-5H3,(H,42,43,44). The van der Waals surface area contributed by atoms with Crippen LogP contribution >= 0.6 is 0 Å². The first kappa shape index (κ1) is 33.7. The first-order valence-corrected chi connectivity index (χ1v) is 18.0. The fourth-order valence-corrected chi connectivity index (χ4v) is 6.80. The molecular weight excluding hydrogens is 661 g/mol. The highest BCUT2D eigenvalue weighted by molar-refractivity contribution is 7.86. The molecule has 0 amide bonds. The van der Waals surface area contributed by atoms with Crippen molar-refractivity contribution in [2.24, 2.45) is 20.5 Å². The normalized spacial score (nSPS) is 12.5. The van der Waals surface area contributed by atoms with E-state index in [0.717, 1.165) is 51.3 Å². The van der Waals surface area contributed by atoms with E-state index in [9.17, 15) is 21.4 Å². The summed E-state index contributed by atoms with van der Waals surface area (Å²) >= 11 is 0. The van der Waals surface area contributed by atoms with Gasteiger partial charge in [-0.05, 0) is 120 Å². The molecule has 0 unspecified atom stereocenters. The van der Waals surface area contributed by atoms with Crippen LogP contribution in [0.1, 0.15) is 22.3 Å². The number of aryl methyl sites for hydroxylation is 4. The first-order valence-electron chi connectivity index (χ1n) is 15.2. The van der Waals surface area contributed by atoms with E-state index in [0.29, 0.717) is 33.5 Å². The van der Waals surface area contributed by atoms with E-state index in [4.69, 9.17) is 0 Å². The average Bonchev–Trinajstić information content (AvgIpc) is 3.07. The fraction of sp³-hybridized carbons (Fsp3) is 0.135. The highest BCUT2D eigenvalue weighted by atomic mass is 32.2. The van der Waals surface area contributed by atoms with E-state index >= 15 is 0 Å². The van der Waals surface area contributed by atoms with Crippen LogP contribution in [0.3, 0.4) is 0 Å². The molecule has 49 heavy (non-hydrogen) atoms. The fourth-order valence-electron chi connectivity index (χ4n) is 5.58. The summed E-state index contributed by atoms with van der Waals surface area (Å²) < 4.78 is 61.7. The summed E-state index contributed by atoms with van der Waals surface area (Å²) in [5, 5.41) is 21.0. The van der Waals surface area contributed by atoms with Gasteiger partial charge in [-0.15, -0.1) is 10.2 Å². The maximum atomic E-state index is 12.2. The van der Waals surface area contributed by atoms with Crippen molar-refractivity contribution in [2.45, 2.75) is 37.5 Å². The lowest BCUT2D eigenvalue weighted by molar-refractivity contribution is 0.398. The highest BCUT2D eigenvalue weighted by Gasteiger charge is 2.16. The molecule has 6 aromatic carbocycles. The third-order valence-corrected chi connectivity index (χ3v) is 10.5. The van der Waals surface area contributed by atoms with Gasteiger partial charge in [-0.1, -0.05) is 48.5 Å². The molecule has 0 fully saturated rings. The van der Waals surface area contributed by atoms with Crippen LogP contribution in [0.2, 0.25) is 0 Å². The zero-order valence-corrected chi connectivity index (χ0v) is 29.0. The van der Waals surface area contributed by atoms with Crippen molar-refractivity contribution in [3.05, 3.63) is 119 Å². The second kappa shape index (κ2) is 13.1. The second-order valence-corrected chi connectivity index (χ2v) is 14.9. The van der Waals surface area contributed by atoms with Crippen LogP contribution in [0.25, 0.3) is 32.7 Å². The van der Waals surface area contributed by atoms with Crippen molar-refractivity contribution in [1.29, 1.82) is 0 Å². The topological polar surface area (TPSA) is 147 Å². The molecule has 6 aromatic rings. The monoisotopic (exact) mass is 692 g/mol. The Labute approximate surface area is 284 Å². The van der Waals surface area contributed by atoms with E-state index in [-0.39, 0.29) is 9.79 Å². The van der Waals surface area contributed by atoms with Crippen molar-refractivity contribution < 1.29 is 25.6 Å². The molecule has 0 bridgehead atoms. The molecule has 0 atom stereocenters. The van der Waals surface area contributed by atoms with E-state index in [1.807, 2.05) is 82.3 Å². The Morgan fingerprint density at radius 1 is 0.510 bits per heavy atom. The van der Waals surface area contributed by atoms with Gasteiger partial charge in [0.05, 0.1) is 39.7 Å². The SMILES string of the molecule is COS(=O)(=O)c1ccc2c(N=Nc3ccc(-c4ccc(N=Nc5c(C)ccc6cc(S(=O)(=O)O)ccc56)c(C)c4)cc3C)c(C)ccc2c1. The van der Waals surface area contributed by atoms with Gasteiger partial charge in [0.15, 0.2) is 0 Å². The van der Waals surface area contributed by atoms with Crippen molar-refractivity contribution in [3.8, 4) is 11.1 Å². The van der Waals surface area contributed by atoms with Crippen LogP contribution in [0.4, 0.5) is 22.7 Å². The van der Waals surface area contributed by atoms with Crippen LogP contribution in [-0.2, 0) is 24.4 Å².